The van der Waals surface area contributed by atoms with Gasteiger partial charge < -0.3 is 4.74 Å². The maximum absolute atomic E-state index is 13.4. The number of allylic oxidation sites excluding steroid dienone is 1. The first kappa shape index (κ1) is 20.9. The largest absolute Gasteiger partial charge is 0.425 e. The summed E-state index contributed by atoms with van der Waals surface area (Å²) in [7, 11) is 3.08. The zero-order valence-electron chi connectivity index (χ0n) is 18.9. The van der Waals surface area contributed by atoms with Gasteiger partial charge in [-0.3, -0.25) is 18.7 Å². The van der Waals surface area contributed by atoms with Crippen LogP contribution in [0.3, 0.4) is 0 Å². The van der Waals surface area contributed by atoms with Crippen LogP contribution in [-0.2, 0) is 23.6 Å². The molecule has 0 amide bonds. The van der Waals surface area contributed by atoms with Crippen molar-refractivity contribution in [1.82, 2.24) is 9.13 Å². The van der Waals surface area contributed by atoms with Crippen molar-refractivity contribution in [3.63, 3.8) is 0 Å². The summed E-state index contributed by atoms with van der Waals surface area (Å²) in [5.41, 5.74) is 4.32. The lowest BCUT2D eigenvalue weighted by Gasteiger charge is -2.27. The Morgan fingerprint density at radius 3 is 2.33 bits per heavy atom. The van der Waals surface area contributed by atoms with Gasteiger partial charge in [-0.05, 0) is 12.5 Å². The van der Waals surface area contributed by atoms with Gasteiger partial charge in [0, 0.05) is 43.1 Å². The number of nitrogens with zero attached hydrogens (tertiary/aromatic N) is 3. The van der Waals surface area contributed by atoms with Crippen LogP contribution in [-0.4, -0.2) is 20.8 Å². The second-order valence-corrected chi connectivity index (χ2v) is 8.36. The average Bonchev–Trinajstić information content (AvgIpc) is 3.14. The summed E-state index contributed by atoms with van der Waals surface area (Å²) in [6, 6.07) is 15.5. The van der Waals surface area contributed by atoms with Crippen LogP contribution in [0.5, 0.6) is 0 Å². The predicted octanol–water partition coefficient (Wildman–Crippen LogP) is 3.34. The molecule has 2 aliphatic rings. The Kier molecular flexibility index (Phi) is 4.78. The predicted molar refractivity (Wildman–Crippen MR) is 126 cm³/mol. The molecule has 1 aliphatic carbocycles. The van der Waals surface area contributed by atoms with E-state index in [0.717, 1.165) is 26.8 Å². The third-order valence-corrected chi connectivity index (χ3v) is 6.30. The minimum absolute atomic E-state index is 0.216. The Labute approximate surface area is 190 Å². The summed E-state index contributed by atoms with van der Waals surface area (Å²) in [5.74, 6) is -0.172. The molecule has 7 nitrogen and oxygen atoms in total. The van der Waals surface area contributed by atoms with Crippen molar-refractivity contribution in [1.29, 1.82) is 0 Å². The van der Waals surface area contributed by atoms with Crippen molar-refractivity contribution >= 4 is 23.3 Å². The van der Waals surface area contributed by atoms with E-state index in [-0.39, 0.29) is 12.4 Å². The fourth-order valence-electron chi connectivity index (χ4n) is 4.56. The Morgan fingerprint density at radius 1 is 1.00 bits per heavy atom. The van der Waals surface area contributed by atoms with E-state index in [1.165, 1.54) is 11.6 Å². The number of carbonyl (C=O) groups is 1. The molecule has 0 N–H and O–H groups in total. The molecule has 5 rings (SSSR count). The summed E-state index contributed by atoms with van der Waals surface area (Å²) >= 11 is 0. The maximum Gasteiger partial charge on any atom is 0.332 e. The van der Waals surface area contributed by atoms with Gasteiger partial charge in [0.25, 0.3) is 5.56 Å². The van der Waals surface area contributed by atoms with E-state index >= 15 is 0 Å². The molecule has 0 bridgehead atoms. The third-order valence-electron chi connectivity index (χ3n) is 6.30. The molecule has 0 unspecified atom stereocenters. The van der Waals surface area contributed by atoms with Gasteiger partial charge in [0.1, 0.15) is 11.6 Å². The molecule has 2 aromatic carbocycles. The first-order valence-corrected chi connectivity index (χ1v) is 10.8. The quantitative estimate of drug-likeness (QED) is 0.584. The van der Waals surface area contributed by atoms with Crippen LogP contribution in [0.15, 0.2) is 68.7 Å². The number of carbonyl (C=O) groups excluding carboxylic acids is 1. The van der Waals surface area contributed by atoms with Crippen molar-refractivity contribution in [3.8, 4) is 0 Å². The van der Waals surface area contributed by atoms with Crippen LogP contribution < -0.4 is 11.2 Å². The molecule has 1 atom stereocenters. The second kappa shape index (κ2) is 7.55. The van der Waals surface area contributed by atoms with Gasteiger partial charge in [-0.25, -0.2) is 9.79 Å². The molecule has 0 spiro atoms. The van der Waals surface area contributed by atoms with Gasteiger partial charge in [-0.15, -0.1) is 0 Å². The fraction of sp³-hybridized carbons (Fsp3) is 0.231. The topological polar surface area (TPSA) is 82.7 Å². The molecule has 7 heteroatoms. The van der Waals surface area contributed by atoms with E-state index in [1.807, 2.05) is 55.5 Å². The van der Waals surface area contributed by atoms with E-state index in [0.29, 0.717) is 28.4 Å². The number of fused-ring (bicyclic) bond motifs is 4. The number of esters is 1. The molecule has 0 saturated carbocycles. The van der Waals surface area contributed by atoms with E-state index in [4.69, 9.17) is 9.73 Å². The van der Waals surface area contributed by atoms with E-state index < -0.39 is 17.2 Å². The smallest absolute Gasteiger partial charge is 0.332 e. The lowest BCUT2D eigenvalue weighted by atomic mass is 9.81. The summed E-state index contributed by atoms with van der Waals surface area (Å²) in [6.07, 6.45) is 0.216. The highest BCUT2D eigenvalue weighted by Crippen LogP contribution is 2.48. The van der Waals surface area contributed by atoms with Gasteiger partial charge in [-0.2, -0.15) is 0 Å². The number of rotatable bonds is 3. The van der Waals surface area contributed by atoms with Gasteiger partial charge >= 0.3 is 11.7 Å². The molecule has 0 saturated heterocycles. The lowest BCUT2D eigenvalue weighted by molar-refractivity contribution is -0.136. The Balaban J connectivity index is 1.93. The molecule has 1 aliphatic heterocycles. The molecule has 1 aromatic heterocycles. The Morgan fingerprint density at radius 2 is 1.67 bits per heavy atom. The molecule has 2 heterocycles. The van der Waals surface area contributed by atoms with Gasteiger partial charge in [0.05, 0.1) is 11.3 Å². The van der Waals surface area contributed by atoms with Crippen LogP contribution in [0.2, 0.25) is 0 Å². The number of hydrogen-bond donors (Lipinski definition) is 0. The zero-order chi connectivity index (χ0) is 23.4. The maximum atomic E-state index is 13.4. The number of aliphatic imine (C=N–C) groups is 1. The van der Waals surface area contributed by atoms with Crippen molar-refractivity contribution in [2.45, 2.75) is 26.2 Å². The number of hydrogen-bond acceptors (Lipinski definition) is 5. The number of aromatic nitrogens is 2. The average molecular weight is 441 g/mol. The standard InChI is InChI=1S/C26H23N3O4/c1-5-18(30)33-23-17-9-7-6-8-16(17)22-20(23)19(15-12-10-14(2)11-13-15)21-24(27-22)28(3)26(32)29(4)25(21)31/h6-13,19H,5H2,1-4H3/t19-/m1/s1. The van der Waals surface area contributed by atoms with Gasteiger partial charge in [-0.1, -0.05) is 61.0 Å². The molecule has 3 aromatic rings. The second-order valence-electron chi connectivity index (χ2n) is 8.36. The molecular formula is C26H23N3O4. The Bertz CT molecular complexity index is 1500. The Hall–Kier alpha value is -4.00. The van der Waals surface area contributed by atoms with E-state index in [1.54, 1.807) is 14.0 Å². The number of aryl methyl sites for hydroxylation is 1. The molecule has 0 fully saturated rings. The van der Waals surface area contributed by atoms with Crippen molar-refractivity contribution in [2.75, 3.05) is 0 Å². The number of ether oxygens (including phenoxy) is 1. The summed E-state index contributed by atoms with van der Waals surface area (Å²) in [4.78, 5) is 43.3. The van der Waals surface area contributed by atoms with E-state index in [2.05, 4.69) is 0 Å². The minimum Gasteiger partial charge on any atom is -0.425 e. The SMILES string of the molecule is CCC(=O)OC1=C2C(=Nc3c(c(=O)n(C)c(=O)n3C)[C@@H]2c2ccc(C)cc2)c2ccccc21. The van der Waals surface area contributed by atoms with Gasteiger partial charge in [0.15, 0.2) is 0 Å². The van der Waals surface area contributed by atoms with Crippen LogP contribution in [0.4, 0.5) is 5.82 Å². The van der Waals surface area contributed by atoms with Crippen LogP contribution in [0.25, 0.3) is 5.76 Å². The molecule has 0 radical (unpaired) electrons. The fourth-order valence-corrected chi connectivity index (χ4v) is 4.56. The number of benzene rings is 2. The van der Waals surface area contributed by atoms with E-state index in [9.17, 15) is 14.4 Å². The summed E-state index contributed by atoms with van der Waals surface area (Å²) < 4.78 is 8.35. The van der Waals surface area contributed by atoms with Crippen molar-refractivity contribution in [2.24, 2.45) is 19.1 Å². The lowest BCUT2D eigenvalue weighted by Crippen LogP contribution is -2.41. The summed E-state index contributed by atoms with van der Waals surface area (Å²) in [5, 5.41) is 0. The highest BCUT2D eigenvalue weighted by Gasteiger charge is 2.42. The minimum atomic E-state index is -0.550. The van der Waals surface area contributed by atoms with Crippen LogP contribution in [0.1, 0.15) is 47.1 Å². The third kappa shape index (κ3) is 3.03. The van der Waals surface area contributed by atoms with Crippen LogP contribution >= 0.6 is 0 Å². The highest BCUT2D eigenvalue weighted by molar-refractivity contribution is 6.25. The van der Waals surface area contributed by atoms with Crippen molar-refractivity contribution < 1.29 is 9.53 Å². The van der Waals surface area contributed by atoms with Crippen LogP contribution in [0, 0.1) is 6.92 Å². The normalized spacial score (nSPS) is 16.1. The summed E-state index contributed by atoms with van der Waals surface area (Å²) in [6.45, 7) is 3.73. The highest BCUT2D eigenvalue weighted by atomic mass is 16.5. The molecular weight excluding hydrogens is 418 g/mol. The molecule has 33 heavy (non-hydrogen) atoms. The van der Waals surface area contributed by atoms with Gasteiger partial charge in [0.2, 0.25) is 0 Å². The first-order valence-electron chi connectivity index (χ1n) is 10.8. The zero-order valence-corrected chi connectivity index (χ0v) is 18.9. The monoisotopic (exact) mass is 441 g/mol. The van der Waals surface area contributed by atoms with Crippen molar-refractivity contribution in [3.05, 3.63) is 103 Å². The first-order chi connectivity index (χ1) is 15.8. The molecule has 166 valence electrons.